The lowest BCUT2D eigenvalue weighted by Gasteiger charge is -2.03. The number of carbonyl (C=O) groups is 2. The molecule has 0 aromatic carbocycles. The average Bonchev–Trinajstić information content (AvgIpc) is 2.55. The maximum Gasteiger partial charge on any atom is 0.287 e. The van der Waals surface area contributed by atoms with Crippen molar-refractivity contribution in [1.82, 2.24) is 15.1 Å². The van der Waals surface area contributed by atoms with Gasteiger partial charge in [-0.15, -0.1) is 0 Å². The van der Waals surface area contributed by atoms with E-state index in [1.165, 1.54) is 6.92 Å². The smallest absolute Gasteiger partial charge is 0.287 e. The quantitative estimate of drug-likeness (QED) is 0.731. The van der Waals surface area contributed by atoms with Gasteiger partial charge in [-0.25, -0.2) is 0 Å². The molecule has 15 heavy (non-hydrogen) atoms. The first-order valence-electron chi connectivity index (χ1n) is 4.86. The van der Waals surface area contributed by atoms with Crippen LogP contribution in [0.15, 0.2) is 6.20 Å². The van der Waals surface area contributed by atoms with Gasteiger partial charge < -0.3 is 5.32 Å². The van der Waals surface area contributed by atoms with E-state index in [1.807, 2.05) is 18.5 Å². The van der Waals surface area contributed by atoms with E-state index in [4.69, 9.17) is 0 Å². The highest BCUT2D eigenvalue weighted by Crippen LogP contribution is 2.06. The molecule has 0 bridgehead atoms. The van der Waals surface area contributed by atoms with Gasteiger partial charge in [0.05, 0.1) is 6.20 Å². The predicted octanol–water partition coefficient (Wildman–Crippen LogP) is 0.417. The molecule has 0 aliphatic heterocycles. The van der Waals surface area contributed by atoms with Crippen LogP contribution in [0.4, 0.5) is 0 Å². The SMILES string of the molecule is CCn1ncc(CNC(=O)C(C)=O)c1C. The van der Waals surface area contributed by atoms with Gasteiger partial charge in [0.1, 0.15) is 0 Å². The van der Waals surface area contributed by atoms with E-state index >= 15 is 0 Å². The number of amides is 1. The lowest BCUT2D eigenvalue weighted by Crippen LogP contribution is -2.28. The topological polar surface area (TPSA) is 64.0 Å². The second-order valence-corrected chi connectivity index (χ2v) is 3.31. The van der Waals surface area contributed by atoms with Crippen LogP contribution in [0.2, 0.25) is 0 Å². The van der Waals surface area contributed by atoms with Crippen molar-refractivity contribution in [3.63, 3.8) is 0 Å². The van der Waals surface area contributed by atoms with Crippen molar-refractivity contribution in [3.05, 3.63) is 17.5 Å². The first-order valence-corrected chi connectivity index (χ1v) is 4.86. The van der Waals surface area contributed by atoms with Gasteiger partial charge in [0.15, 0.2) is 0 Å². The number of nitrogens with one attached hydrogen (secondary N) is 1. The summed E-state index contributed by atoms with van der Waals surface area (Å²) >= 11 is 0. The fourth-order valence-corrected chi connectivity index (χ4v) is 1.28. The molecule has 0 saturated heterocycles. The minimum absolute atomic E-state index is 0.351. The summed E-state index contributed by atoms with van der Waals surface area (Å²) in [6.45, 7) is 6.33. The van der Waals surface area contributed by atoms with E-state index in [-0.39, 0.29) is 0 Å². The Morgan fingerprint density at radius 3 is 2.67 bits per heavy atom. The molecule has 0 spiro atoms. The van der Waals surface area contributed by atoms with Gasteiger partial charge in [-0.1, -0.05) is 0 Å². The van der Waals surface area contributed by atoms with Crippen molar-refractivity contribution < 1.29 is 9.59 Å². The third-order valence-electron chi connectivity index (χ3n) is 2.26. The van der Waals surface area contributed by atoms with Crippen molar-refractivity contribution in [2.24, 2.45) is 0 Å². The minimum Gasteiger partial charge on any atom is -0.345 e. The van der Waals surface area contributed by atoms with Crippen LogP contribution >= 0.6 is 0 Å². The van der Waals surface area contributed by atoms with E-state index in [9.17, 15) is 9.59 Å². The molecule has 1 aromatic heterocycles. The molecule has 1 aromatic rings. The zero-order chi connectivity index (χ0) is 11.4. The Hall–Kier alpha value is -1.65. The van der Waals surface area contributed by atoms with Gasteiger partial charge in [0, 0.05) is 31.3 Å². The molecule has 5 heteroatoms. The van der Waals surface area contributed by atoms with Gasteiger partial charge >= 0.3 is 0 Å². The monoisotopic (exact) mass is 209 g/mol. The molecule has 0 atom stereocenters. The molecule has 0 saturated carbocycles. The van der Waals surface area contributed by atoms with Crippen molar-refractivity contribution in [3.8, 4) is 0 Å². The fourth-order valence-electron chi connectivity index (χ4n) is 1.28. The second kappa shape index (κ2) is 4.72. The van der Waals surface area contributed by atoms with Gasteiger partial charge in [-0.05, 0) is 13.8 Å². The molecule has 0 radical (unpaired) electrons. The first-order chi connectivity index (χ1) is 7.06. The molecule has 1 N–H and O–H groups in total. The number of hydrogen-bond donors (Lipinski definition) is 1. The van der Waals surface area contributed by atoms with Crippen LogP contribution in [-0.2, 0) is 22.7 Å². The summed E-state index contributed by atoms with van der Waals surface area (Å²) in [4.78, 5) is 21.7. The number of aromatic nitrogens is 2. The number of rotatable bonds is 4. The lowest BCUT2D eigenvalue weighted by atomic mass is 10.2. The zero-order valence-electron chi connectivity index (χ0n) is 9.20. The third kappa shape index (κ3) is 2.65. The van der Waals surface area contributed by atoms with Crippen LogP contribution in [0.1, 0.15) is 25.1 Å². The van der Waals surface area contributed by atoms with Crippen LogP contribution in [0.25, 0.3) is 0 Å². The summed E-state index contributed by atoms with van der Waals surface area (Å²) in [7, 11) is 0. The van der Waals surface area contributed by atoms with Gasteiger partial charge in [-0.3, -0.25) is 14.3 Å². The third-order valence-corrected chi connectivity index (χ3v) is 2.26. The maximum atomic E-state index is 11.0. The highest BCUT2D eigenvalue weighted by molar-refractivity contribution is 6.35. The van der Waals surface area contributed by atoms with E-state index in [0.717, 1.165) is 17.8 Å². The Kier molecular flexibility index (Phi) is 3.60. The summed E-state index contributed by atoms with van der Waals surface area (Å²) in [5, 5.41) is 6.67. The number of nitrogens with zero attached hydrogens (tertiary/aromatic N) is 2. The molecule has 82 valence electrons. The van der Waals surface area contributed by atoms with E-state index in [0.29, 0.717) is 6.54 Å². The molecule has 0 fully saturated rings. The average molecular weight is 209 g/mol. The summed E-state index contributed by atoms with van der Waals surface area (Å²) in [6, 6.07) is 0. The largest absolute Gasteiger partial charge is 0.345 e. The molecule has 1 amide bonds. The Labute approximate surface area is 88.5 Å². The van der Waals surface area contributed by atoms with Crippen LogP contribution in [0, 0.1) is 6.92 Å². The van der Waals surface area contributed by atoms with Crippen molar-refractivity contribution in [2.45, 2.75) is 33.9 Å². The second-order valence-electron chi connectivity index (χ2n) is 3.31. The number of aryl methyl sites for hydroxylation is 1. The van der Waals surface area contributed by atoms with Gasteiger partial charge in [0.25, 0.3) is 5.91 Å². The fraction of sp³-hybridized carbons (Fsp3) is 0.500. The summed E-state index contributed by atoms with van der Waals surface area (Å²) in [5.41, 5.74) is 1.95. The molecule has 1 rings (SSSR count). The molecule has 0 aliphatic carbocycles. The normalized spacial score (nSPS) is 10.1. The number of carbonyl (C=O) groups excluding carboxylic acids is 2. The van der Waals surface area contributed by atoms with E-state index in [2.05, 4.69) is 10.4 Å². The zero-order valence-corrected chi connectivity index (χ0v) is 9.20. The number of hydrogen-bond acceptors (Lipinski definition) is 3. The molecular weight excluding hydrogens is 194 g/mol. The molecule has 0 aliphatic rings. The number of ketones is 1. The van der Waals surface area contributed by atoms with Crippen molar-refractivity contribution >= 4 is 11.7 Å². The van der Waals surface area contributed by atoms with Crippen LogP contribution in [-0.4, -0.2) is 21.5 Å². The van der Waals surface area contributed by atoms with Gasteiger partial charge in [0.2, 0.25) is 5.78 Å². The van der Waals surface area contributed by atoms with Crippen LogP contribution in [0.5, 0.6) is 0 Å². The number of Topliss-reactive ketones (excluding diaryl/α,β-unsaturated/α-hetero) is 1. The van der Waals surface area contributed by atoms with Crippen molar-refractivity contribution in [2.75, 3.05) is 0 Å². The highest BCUT2D eigenvalue weighted by atomic mass is 16.2. The molecular formula is C10H15N3O2. The highest BCUT2D eigenvalue weighted by Gasteiger charge is 2.09. The van der Waals surface area contributed by atoms with Gasteiger partial charge in [-0.2, -0.15) is 5.10 Å². The summed E-state index contributed by atoms with van der Waals surface area (Å²) < 4.78 is 1.84. The Bertz CT molecular complexity index is 382. The molecule has 0 unspecified atom stereocenters. The van der Waals surface area contributed by atoms with Crippen LogP contribution < -0.4 is 5.32 Å². The molecule has 5 nitrogen and oxygen atoms in total. The van der Waals surface area contributed by atoms with Crippen molar-refractivity contribution in [1.29, 1.82) is 0 Å². The minimum atomic E-state index is -0.557. The first kappa shape index (κ1) is 11.4. The lowest BCUT2D eigenvalue weighted by molar-refractivity contribution is -0.136. The van der Waals surface area contributed by atoms with Crippen LogP contribution in [0.3, 0.4) is 0 Å². The predicted molar refractivity (Wildman–Crippen MR) is 55.2 cm³/mol. The maximum absolute atomic E-state index is 11.0. The Morgan fingerprint density at radius 1 is 1.53 bits per heavy atom. The Balaban J connectivity index is 2.62. The molecule has 1 heterocycles. The Morgan fingerprint density at radius 2 is 2.20 bits per heavy atom. The van der Waals surface area contributed by atoms with E-state index in [1.54, 1.807) is 6.20 Å². The summed E-state index contributed by atoms with van der Waals surface area (Å²) in [6.07, 6.45) is 1.71. The standard InChI is InChI=1S/C10H15N3O2/c1-4-13-7(2)9(6-12-13)5-11-10(15)8(3)14/h6H,4-5H2,1-3H3,(H,11,15). The summed E-state index contributed by atoms with van der Waals surface area (Å²) in [5.74, 6) is -1.03. The van der Waals surface area contributed by atoms with E-state index < -0.39 is 11.7 Å².